The molecule has 1 aliphatic rings. The Morgan fingerprint density at radius 3 is 2.34 bits per heavy atom. The minimum atomic E-state index is -4.47. The molecule has 0 saturated heterocycles. The molecule has 0 spiro atoms. The Balaban J connectivity index is 1.52. The maximum atomic E-state index is 12.6. The number of carbonyl (C=O) groups excluding carboxylic acids is 2. The van der Waals surface area contributed by atoms with Crippen LogP contribution in [0.25, 0.3) is 0 Å². The van der Waals surface area contributed by atoms with Crippen LogP contribution in [-0.2, 0) is 11.0 Å². The van der Waals surface area contributed by atoms with Gasteiger partial charge in [0, 0.05) is 5.56 Å². The molecule has 1 aliphatic heterocycles. The van der Waals surface area contributed by atoms with E-state index in [9.17, 15) is 22.8 Å². The minimum absolute atomic E-state index is 0.0330. The van der Waals surface area contributed by atoms with Crippen LogP contribution >= 0.6 is 0 Å². The second-order valence-electron chi connectivity index (χ2n) is 6.45. The van der Waals surface area contributed by atoms with Crippen LogP contribution in [0, 0.1) is 0 Å². The van der Waals surface area contributed by atoms with E-state index in [2.05, 4.69) is 10.6 Å². The molecular weight excluding hydrogens is 389 g/mol. The summed E-state index contributed by atoms with van der Waals surface area (Å²) in [5.41, 5.74) is -0.0117. The average Bonchev–Trinajstić information content (AvgIpc) is 2.71. The van der Waals surface area contributed by atoms with Gasteiger partial charge in [-0.1, -0.05) is 6.07 Å². The van der Waals surface area contributed by atoms with Gasteiger partial charge in [0.15, 0.2) is 11.5 Å². The Morgan fingerprint density at radius 2 is 1.69 bits per heavy atom. The molecule has 154 valence electrons. The molecule has 1 heterocycles. The Morgan fingerprint density at radius 1 is 1.03 bits per heavy atom. The van der Waals surface area contributed by atoms with Crippen LogP contribution in [0.4, 0.5) is 13.2 Å². The van der Waals surface area contributed by atoms with Gasteiger partial charge in [-0.25, -0.2) is 0 Å². The predicted octanol–water partition coefficient (Wildman–Crippen LogP) is 3.08. The zero-order valence-electron chi connectivity index (χ0n) is 15.5. The standard InChI is InChI=1S/C20H19F3N2O4/c1-12(14-4-7-16-17(10-14)29-9-8-28-16)25-18(26)11-24-19(27)13-2-5-15(6-3-13)20(21,22)23/h2-7,10,12H,8-9,11H2,1H3,(H,24,27)(H,25,26)/t12-/m1/s1. The topological polar surface area (TPSA) is 76.7 Å². The lowest BCUT2D eigenvalue weighted by atomic mass is 10.1. The summed E-state index contributed by atoms with van der Waals surface area (Å²) < 4.78 is 48.6. The van der Waals surface area contributed by atoms with Gasteiger partial charge in [-0.15, -0.1) is 0 Å². The lowest BCUT2D eigenvalue weighted by Gasteiger charge is -2.21. The molecule has 9 heteroatoms. The molecule has 0 radical (unpaired) electrons. The van der Waals surface area contributed by atoms with E-state index in [1.54, 1.807) is 25.1 Å². The molecule has 2 aromatic rings. The molecule has 29 heavy (non-hydrogen) atoms. The predicted molar refractivity (Wildman–Crippen MR) is 97.8 cm³/mol. The maximum Gasteiger partial charge on any atom is 0.416 e. The molecule has 0 bridgehead atoms. The summed E-state index contributed by atoms with van der Waals surface area (Å²) in [7, 11) is 0. The summed E-state index contributed by atoms with van der Waals surface area (Å²) in [5.74, 6) is 0.168. The van der Waals surface area contributed by atoms with Crippen molar-refractivity contribution in [2.75, 3.05) is 19.8 Å². The highest BCUT2D eigenvalue weighted by atomic mass is 19.4. The number of carbonyl (C=O) groups is 2. The van der Waals surface area contributed by atoms with Gasteiger partial charge in [-0.3, -0.25) is 9.59 Å². The molecule has 3 rings (SSSR count). The van der Waals surface area contributed by atoms with Crippen LogP contribution in [-0.4, -0.2) is 31.6 Å². The number of rotatable bonds is 5. The molecule has 2 aromatic carbocycles. The number of hydrogen-bond acceptors (Lipinski definition) is 4. The van der Waals surface area contributed by atoms with Crippen molar-refractivity contribution < 1.29 is 32.2 Å². The van der Waals surface area contributed by atoms with Gasteiger partial charge in [0.1, 0.15) is 13.2 Å². The third-order valence-corrected chi connectivity index (χ3v) is 4.33. The number of fused-ring (bicyclic) bond motifs is 1. The van der Waals surface area contributed by atoms with E-state index in [-0.39, 0.29) is 18.2 Å². The molecule has 1 atom stereocenters. The summed E-state index contributed by atoms with van der Waals surface area (Å²) in [4.78, 5) is 24.1. The van der Waals surface area contributed by atoms with Gasteiger partial charge in [0.25, 0.3) is 5.91 Å². The highest BCUT2D eigenvalue weighted by Crippen LogP contribution is 2.32. The number of hydrogen-bond donors (Lipinski definition) is 2. The normalized spacial score (nSPS) is 14.1. The van der Waals surface area contributed by atoms with Gasteiger partial charge < -0.3 is 20.1 Å². The largest absolute Gasteiger partial charge is 0.486 e. The third kappa shape index (κ3) is 5.18. The number of halogens is 3. The molecule has 0 fully saturated rings. The highest BCUT2D eigenvalue weighted by molar-refractivity contribution is 5.96. The average molecular weight is 408 g/mol. The number of alkyl halides is 3. The number of benzene rings is 2. The molecular formula is C20H19F3N2O4. The van der Waals surface area contributed by atoms with E-state index in [0.29, 0.717) is 24.7 Å². The first kappa shape index (κ1) is 20.5. The lowest BCUT2D eigenvalue weighted by molar-refractivity contribution is -0.137. The van der Waals surface area contributed by atoms with Gasteiger partial charge in [-0.2, -0.15) is 13.2 Å². The summed E-state index contributed by atoms with van der Waals surface area (Å²) >= 11 is 0. The Hall–Kier alpha value is -3.23. The number of ether oxygens (including phenoxy) is 2. The Labute approximate surface area is 165 Å². The first-order valence-corrected chi connectivity index (χ1v) is 8.88. The molecule has 0 aliphatic carbocycles. The second-order valence-corrected chi connectivity index (χ2v) is 6.45. The molecule has 2 amide bonds. The quantitative estimate of drug-likeness (QED) is 0.797. The second kappa shape index (κ2) is 8.42. The van der Waals surface area contributed by atoms with Crippen molar-refractivity contribution >= 4 is 11.8 Å². The minimum Gasteiger partial charge on any atom is -0.486 e. The van der Waals surface area contributed by atoms with Crippen molar-refractivity contribution in [1.82, 2.24) is 10.6 Å². The van der Waals surface area contributed by atoms with E-state index >= 15 is 0 Å². The first-order chi connectivity index (χ1) is 13.7. The van der Waals surface area contributed by atoms with Crippen LogP contribution in [0.5, 0.6) is 11.5 Å². The first-order valence-electron chi connectivity index (χ1n) is 8.88. The molecule has 0 aromatic heterocycles. The molecule has 0 saturated carbocycles. The lowest BCUT2D eigenvalue weighted by Crippen LogP contribution is -2.38. The van der Waals surface area contributed by atoms with Gasteiger partial charge >= 0.3 is 6.18 Å². The molecule has 2 N–H and O–H groups in total. The zero-order chi connectivity index (χ0) is 21.0. The highest BCUT2D eigenvalue weighted by Gasteiger charge is 2.30. The molecule has 6 nitrogen and oxygen atoms in total. The van der Waals surface area contributed by atoms with E-state index in [0.717, 1.165) is 29.8 Å². The van der Waals surface area contributed by atoms with Crippen LogP contribution in [0.2, 0.25) is 0 Å². The van der Waals surface area contributed by atoms with Crippen molar-refractivity contribution in [1.29, 1.82) is 0 Å². The Kier molecular flexibility index (Phi) is 5.95. The van der Waals surface area contributed by atoms with E-state index < -0.39 is 23.6 Å². The van der Waals surface area contributed by atoms with Gasteiger partial charge in [0.05, 0.1) is 18.2 Å². The maximum absolute atomic E-state index is 12.6. The van der Waals surface area contributed by atoms with Crippen LogP contribution in [0.15, 0.2) is 42.5 Å². The fraction of sp³-hybridized carbons (Fsp3) is 0.300. The van der Waals surface area contributed by atoms with E-state index in [1.807, 2.05) is 0 Å². The van der Waals surface area contributed by atoms with Crippen LogP contribution < -0.4 is 20.1 Å². The zero-order valence-corrected chi connectivity index (χ0v) is 15.5. The van der Waals surface area contributed by atoms with Crippen molar-refractivity contribution in [2.45, 2.75) is 19.1 Å². The SMILES string of the molecule is C[C@@H](NC(=O)CNC(=O)c1ccc(C(F)(F)F)cc1)c1ccc2c(c1)OCCO2. The monoisotopic (exact) mass is 408 g/mol. The summed E-state index contributed by atoms with van der Waals surface area (Å²) in [5, 5.41) is 5.13. The molecule has 0 unspecified atom stereocenters. The Bertz CT molecular complexity index is 898. The van der Waals surface area contributed by atoms with Crippen LogP contribution in [0.3, 0.4) is 0 Å². The van der Waals surface area contributed by atoms with Crippen molar-refractivity contribution in [3.05, 3.63) is 59.2 Å². The van der Waals surface area contributed by atoms with E-state index in [4.69, 9.17) is 9.47 Å². The number of amides is 2. The van der Waals surface area contributed by atoms with Gasteiger partial charge in [-0.05, 0) is 48.9 Å². The van der Waals surface area contributed by atoms with Crippen LogP contribution in [0.1, 0.15) is 34.5 Å². The van der Waals surface area contributed by atoms with E-state index in [1.165, 1.54) is 0 Å². The van der Waals surface area contributed by atoms with Gasteiger partial charge in [0.2, 0.25) is 5.91 Å². The fourth-order valence-corrected chi connectivity index (χ4v) is 2.78. The summed E-state index contributed by atoms with van der Waals surface area (Å²) in [6.45, 7) is 2.40. The summed E-state index contributed by atoms with van der Waals surface area (Å²) in [6, 6.07) is 8.76. The number of nitrogens with one attached hydrogen (secondary N) is 2. The third-order valence-electron chi connectivity index (χ3n) is 4.33. The van der Waals surface area contributed by atoms with Crippen molar-refractivity contribution in [2.24, 2.45) is 0 Å². The van der Waals surface area contributed by atoms with Crippen molar-refractivity contribution in [3.8, 4) is 11.5 Å². The smallest absolute Gasteiger partial charge is 0.416 e. The van der Waals surface area contributed by atoms with Crippen molar-refractivity contribution in [3.63, 3.8) is 0 Å². The fourth-order valence-electron chi connectivity index (χ4n) is 2.78. The summed E-state index contributed by atoms with van der Waals surface area (Å²) in [6.07, 6.45) is -4.47.